The maximum absolute atomic E-state index is 11.5. The van der Waals surface area contributed by atoms with E-state index in [1.807, 2.05) is 11.9 Å². The van der Waals surface area contributed by atoms with E-state index < -0.39 is 0 Å². The quantitative estimate of drug-likeness (QED) is 0.604. The van der Waals surface area contributed by atoms with Crippen molar-refractivity contribution in [1.29, 1.82) is 0 Å². The van der Waals surface area contributed by atoms with Gasteiger partial charge in [-0.05, 0) is 24.7 Å². The van der Waals surface area contributed by atoms with Crippen LogP contribution in [-0.4, -0.2) is 36.1 Å². The van der Waals surface area contributed by atoms with Gasteiger partial charge in [-0.2, -0.15) is 0 Å². The third-order valence-corrected chi connectivity index (χ3v) is 3.25. The minimum atomic E-state index is 0.229. The molecule has 12 heavy (non-hydrogen) atoms. The standard InChI is InChI=1S/C9H15NO2/c1-10-4-7-2-6(5-11)3-8(7)9(10)12/h6-8,11H,2-5H2,1H3. The Labute approximate surface area is 72.4 Å². The van der Waals surface area contributed by atoms with Crippen LogP contribution in [-0.2, 0) is 4.79 Å². The minimum absolute atomic E-state index is 0.229. The molecule has 3 atom stereocenters. The molecule has 0 spiro atoms. The van der Waals surface area contributed by atoms with Crippen molar-refractivity contribution in [2.45, 2.75) is 12.8 Å². The smallest absolute Gasteiger partial charge is 0.225 e. The van der Waals surface area contributed by atoms with E-state index in [1.165, 1.54) is 0 Å². The van der Waals surface area contributed by atoms with Crippen molar-refractivity contribution in [3.63, 3.8) is 0 Å². The number of hydrogen-bond acceptors (Lipinski definition) is 2. The zero-order chi connectivity index (χ0) is 8.72. The van der Waals surface area contributed by atoms with Gasteiger partial charge < -0.3 is 10.0 Å². The number of nitrogens with zero attached hydrogens (tertiary/aromatic N) is 1. The van der Waals surface area contributed by atoms with Crippen LogP contribution in [0.3, 0.4) is 0 Å². The van der Waals surface area contributed by atoms with E-state index in [-0.39, 0.29) is 18.4 Å². The van der Waals surface area contributed by atoms with Crippen LogP contribution in [0, 0.1) is 17.8 Å². The molecular weight excluding hydrogens is 154 g/mol. The van der Waals surface area contributed by atoms with Gasteiger partial charge in [0.15, 0.2) is 0 Å². The van der Waals surface area contributed by atoms with Crippen LogP contribution in [0.2, 0.25) is 0 Å². The molecular formula is C9H15NO2. The maximum atomic E-state index is 11.5. The van der Waals surface area contributed by atoms with E-state index in [2.05, 4.69) is 0 Å². The van der Waals surface area contributed by atoms with Gasteiger partial charge in [0.1, 0.15) is 0 Å². The summed E-state index contributed by atoms with van der Waals surface area (Å²) in [4.78, 5) is 13.3. The van der Waals surface area contributed by atoms with Gasteiger partial charge in [-0.1, -0.05) is 0 Å². The number of aliphatic hydroxyl groups is 1. The molecule has 1 amide bonds. The van der Waals surface area contributed by atoms with Crippen LogP contribution in [0.5, 0.6) is 0 Å². The number of hydrogen-bond donors (Lipinski definition) is 1. The number of carbonyl (C=O) groups excluding carboxylic acids is 1. The largest absolute Gasteiger partial charge is 0.396 e. The van der Waals surface area contributed by atoms with Crippen molar-refractivity contribution in [1.82, 2.24) is 4.90 Å². The highest BCUT2D eigenvalue weighted by atomic mass is 16.3. The third-order valence-electron chi connectivity index (χ3n) is 3.25. The number of rotatable bonds is 1. The number of carbonyl (C=O) groups is 1. The number of fused-ring (bicyclic) bond motifs is 1. The van der Waals surface area contributed by atoms with Gasteiger partial charge in [-0.15, -0.1) is 0 Å². The van der Waals surface area contributed by atoms with Gasteiger partial charge in [-0.3, -0.25) is 4.79 Å². The number of aliphatic hydroxyl groups excluding tert-OH is 1. The molecule has 1 saturated carbocycles. The lowest BCUT2D eigenvalue weighted by molar-refractivity contribution is -0.130. The lowest BCUT2D eigenvalue weighted by Crippen LogP contribution is -2.23. The SMILES string of the molecule is CN1CC2CC(CO)CC2C1=O. The van der Waals surface area contributed by atoms with Crippen molar-refractivity contribution in [3.8, 4) is 0 Å². The molecule has 1 N–H and O–H groups in total. The fraction of sp³-hybridized carbons (Fsp3) is 0.889. The molecule has 0 radical (unpaired) electrons. The second-order valence-electron chi connectivity index (χ2n) is 4.11. The third kappa shape index (κ3) is 1.04. The van der Waals surface area contributed by atoms with Gasteiger partial charge in [0, 0.05) is 26.1 Å². The summed E-state index contributed by atoms with van der Waals surface area (Å²) in [6, 6.07) is 0. The second-order valence-corrected chi connectivity index (χ2v) is 4.11. The average Bonchev–Trinajstić information content (AvgIpc) is 2.55. The summed E-state index contributed by atoms with van der Waals surface area (Å²) in [5.41, 5.74) is 0. The molecule has 1 aliphatic heterocycles. The first-order chi connectivity index (χ1) is 5.72. The first kappa shape index (κ1) is 8.05. The Morgan fingerprint density at radius 1 is 1.58 bits per heavy atom. The molecule has 2 aliphatic rings. The second kappa shape index (κ2) is 2.73. The van der Waals surface area contributed by atoms with Crippen LogP contribution < -0.4 is 0 Å². The molecule has 0 aromatic heterocycles. The molecule has 0 aromatic carbocycles. The summed E-state index contributed by atoms with van der Waals surface area (Å²) in [5, 5.41) is 8.95. The fourth-order valence-electron chi connectivity index (χ4n) is 2.62. The van der Waals surface area contributed by atoms with Gasteiger partial charge >= 0.3 is 0 Å². The minimum Gasteiger partial charge on any atom is -0.396 e. The summed E-state index contributed by atoms with van der Waals surface area (Å²) in [6.07, 6.45) is 1.95. The summed E-state index contributed by atoms with van der Waals surface area (Å²) >= 11 is 0. The van der Waals surface area contributed by atoms with Gasteiger partial charge in [0.2, 0.25) is 5.91 Å². The predicted octanol–water partition coefficient (Wildman–Crippen LogP) is 0.0931. The van der Waals surface area contributed by atoms with E-state index in [1.54, 1.807) is 0 Å². The van der Waals surface area contributed by atoms with E-state index in [9.17, 15) is 4.79 Å². The molecule has 1 aliphatic carbocycles. The van der Waals surface area contributed by atoms with E-state index in [4.69, 9.17) is 5.11 Å². The molecule has 68 valence electrons. The van der Waals surface area contributed by atoms with Crippen molar-refractivity contribution < 1.29 is 9.90 Å². The van der Waals surface area contributed by atoms with Crippen molar-refractivity contribution >= 4 is 5.91 Å². The van der Waals surface area contributed by atoms with E-state index >= 15 is 0 Å². The topological polar surface area (TPSA) is 40.5 Å². The van der Waals surface area contributed by atoms with Gasteiger partial charge in [0.05, 0.1) is 0 Å². The Kier molecular flexibility index (Phi) is 1.83. The fourth-order valence-corrected chi connectivity index (χ4v) is 2.62. The first-order valence-electron chi connectivity index (χ1n) is 4.58. The predicted molar refractivity (Wildman–Crippen MR) is 44.4 cm³/mol. The Bertz CT molecular complexity index is 205. The summed E-state index contributed by atoms with van der Waals surface area (Å²) in [7, 11) is 1.87. The van der Waals surface area contributed by atoms with Crippen LogP contribution in [0.25, 0.3) is 0 Å². The highest BCUT2D eigenvalue weighted by Crippen LogP contribution is 2.41. The lowest BCUT2D eigenvalue weighted by atomic mass is 10.0. The average molecular weight is 169 g/mol. The Hall–Kier alpha value is -0.570. The summed E-state index contributed by atoms with van der Waals surface area (Å²) < 4.78 is 0. The van der Waals surface area contributed by atoms with Crippen molar-refractivity contribution in [3.05, 3.63) is 0 Å². The Morgan fingerprint density at radius 2 is 2.33 bits per heavy atom. The van der Waals surface area contributed by atoms with Gasteiger partial charge in [0.25, 0.3) is 0 Å². The Morgan fingerprint density at radius 3 is 2.92 bits per heavy atom. The molecule has 1 saturated heterocycles. The number of amides is 1. The molecule has 3 unspecified atom stereocenters. The Balaban J connectivity index is 2.06. The normalized spacial score (nSPS) is 40.7. The van der Waals surface area contributed by atoms with Crippen LogP contribution in [0.1, 0.15) is 12.8 Å². The van der Waals surface area contributed by atoms with Crippen LogP contribution in [0.15, 0.2) is 0 Å². The molecule has 3 heteroatoms. The van der Waals surface area contributed by atoms with Crippen molar-refractivity contribution in [2.24, 2.45) is 17.8 Å². The van der Waals surface area contributed by atoms with Crippen molar-refractivity contribution in [2.75, 3.05) is 20.2 Å². The summed E-state index contributed by atoms with van der Waals surface area (Å²) in [6.45, 7) is 1.16. The lowest BCUT2D eigenvalue weighted by Gasteiger charge is -2.12. The number of likely N-dealkylation sites (tertiary alicyclic amines) is 1. The first-order valence-corrected chi connectivity index (χ1v) is 4.58. The highest BCUT2D eigenvalue weighted by Gasteiger charge is 2.44. The highest BCUT2D eigenvalue weighted by molar-refractivity contribution is 5.81. The molecule has 3 nitrogen and oxygen atoms in total. The zero-order valence-electron chi connectivity index (χ0n) is 7.36. The van der Waals surface area contributed by atoms with E-state index in [0.29, 0.717) is 11.8 Å². The molecule has 0 bridgehead atoms. The van der Waals surface area contributed by atoms with Gasteiger partial charge in [-0.25, -0.2) is 0 Å². The van der Waals surface area contributed by atoms with Crippen LogP contribution >= 0.6 is 0 Å². The zero-order valence-corrected chi connectivity index (χ0v) is 7.36. The van der Waals surface area contributed by atoms with E-state index in [0.717, 1.165) is 19.4 Å². The molecule has 2 rings (SSSR count). The van der Waals surface area contributed by atoms with Crippen LogP contribution in [0.4, 0.5) is 0 Å². The molecule has 2 fully saturated rings. The maximum Gasteiger partial charge on any atom is 0.225 e. The monoisotopic (exact) mass is 169 g/mol. The summed E-state index contributed by atoms with van der Waals surface area (Å²) in [5.74, 6) is 1.43. The molecule has 1 heterocycles. The molecule has 0 aromatic rings.